The summed E-state index contributed by atoms with van der Waals surface area (Å²) in [6.45, 7) is 0. The molecule has 0 aromatic carbocycles. The molecule has 0 fully saturated rings. The maximum Gasteiger partial charge on any atom is 0.352 e. The molecule has 15 heavy (non-hydrogen) atoms. The van der Waals surface area contributed by atoms with E-state index >= 15 is 0 Å². The number of hydrogen-bond acceptors (Lipinski definition) is 5. The van der Waals surface area contributed by atoms with Crippen LogP contribution >= 0.6 is 23.2 Å². The van der Waals surface area contributed by atoms with E-state index < -0.39 is 43.0 Å². The molecule has 9 heteroatoms. The highest BCUT2D eigenvalue weighted by molar-refractivity contribution is 7.92. The number of cyclic esters (lactones) is 1. The Morgan fingerprint density at radius 3 is 2.33 bits per heavy atom. The van der Waals surface area contributed by atoms with Gasteiger partial charge in [0.15, 0.2) is 5.75 Å². The molecule has 0 unspecified atom stereocenters. The van der Waals surface area contributed by atoms with Crippen molar-refractivity contribution in [2.24, 2.45) is 0 Å². The molecule has 0 spiro atoms. The standard InChI is InChI=1S/C6H4Cl2O6S/c7-3-4(8)6(14-5(3)11)15(12,13)1-2(9)10/h6H,1H2,(H,9,10)/t6-/m0/s1. The number of sulfone groups is 1. The molecule has 0 bridgehead atoms. The normalized spacial score (nSPS) is 21.7. The third kappa shape index (κ3) is 2.42. The molecular weight excluding hydrogens is 271 g/mol. The Hall–Kier alpha value is -0.790. The molecule has 0 radical (unpaired) electrons. The van der Waals surface area contributed by atoms with E-state index in [0.717, 1.165) is 0 Å². The summed E-state index contributed by atoms with van der Waals surface area (Å²) in [5.74, 6) is -3.84. The van der Waals surface area contributed by atoms with Gasteiger partial charge in [0, 0.05) is 0 Å². The summed E-state index contributed by atoms with van der Waals surface area (Å²) < 4.78 is 26.9. The number of ether oxygens (including phenoxy) is 1. The summed E-state index contributed by atoms with van der Waals surface area (Å²) in [7, 11) is -4.19. The van der Waals surface area contributed by atoms with E-state index in [9.17, 15) is 18.0 Å². The Balaban J connectivity index is 3.03. The largest absolute Gasteiger partial charge is 0.480 e. The maximum absolute atomic E-state index is 11.3. The Morgan fingerprint density at radius 1 is 1.47 bits per heavy atom. The van der Waals surface area contributed by atoms with Crippen molar-refractivity contribution >= 4 is 45.0 Å². The minimum Gasteiger partial charge on any atom is -0.480 e. The highest BCUT2D eigenvalue weighted by atomic mass is 35.5. The predicted octanol–water partition coefficient (Wildman–Crippen LogP) is 0.0579. The second kappa shape index (κ2) is 3.99. The summed E-state index contributed by atoms with van der Waals surface area (Å²) in [6.07, 6.45) is 0. The summed E-state index contributed by atoms with van der Waals surface area (Å²) >= 11 is 10.7. The second-order valence-corrected chi connectivity index (χ2v) is 5.43. The number of halogens is 2. The molecule has 1 rings (SSSR count). The van der Waals surface area contributed by atoms with Crippen LogP contribution in [0.3, 0.4) is 0 Å². The van der Waals surface area contributed by atoms with Gasteiger partial charge < -0.3 is 9.84 Å². The van der Waals surface area contributed by atoms with Crippen LogP contribution in [0.25, 0.3) is 0 Å². The van der Waals surface area contributed by atoms with Gasteiger partial charge in [-0.15, -0.1) is 0 Å². The van der Waals surface area contributed by atoms with E-state index in [1.54, 1.807) is 0 Å². The molecule has 1 atom stereocenters. The number of aliphatic carboxylic acids is 1. The van der Waals surface area contributed by atoms with Crippen molar-refractivity contribution in [3.05, 3.63) is 10.1 Å². The topological polar surface area (TPSA) is 97.7 Å². The first-order valence-electron chi connectivity index (χ1n) is 3.45. The van der Waals surface area contributed by atoms with Crippen molar-refractivity contribution in [1.82, 2.24) is 0 Å². The van der Waals surface area contributed by atoms with Crippen LogP contribution in [0.1, 0.15) is 0 Å². The van der Waals surface area contributed by atoms with Crippen molar-refractivity contribution in [2.75, 3.05) is 5.75 Å². The molecule has 0 saturated carbocycles. The number of hydrogen-bond donors (Lipinski definition) is 1. The van der Waals surface area contributed by atoms with Crippen LogP contribution in [0.15, 0.2) is 10.1 Å². The monoisotopic (exact) mass is 274 g/mol. The van der Waals surface area contributed by atoms with Crippen LogP contribution in [0.4, 0.5) is 0 Å². The zero-order valence-corrected chi connectivity index (χ0v) is 9.27. The molecular formula is C6H4Cl2O6S. The summed E-state index contributed by atoms with van der Waals surface area (Å²) in [4.78, 5) is 21.0. The van der Waals surface area contributed by atoms with Gasteiger partial charge in [0.2, 0.25) is 15.3 Å². The van der Waals surface area contributed by atoms with Crippen molar-refractivity contribution < 1.29 is 27.9 Å². The van der Waals surface area contributed by atoms with Crippen molar-refractivity contribution in [3.63, 3.8) is 0 Å². The minimum atomic E-state index is -4.19. The maximum atomic E-state index is 11.3. The number of carboxylic acids is 1. The summed E-state index contributed by atoms with van der Waals surface area (Å²) in [5, 5.41) is 7.26. The van der Waals surface area contributed by atoms with Gasteiger partial charge in [-0.1, -0.05) is 23.2 Å². The summed E-state index contributed by atoms with van der Waals surface area (Å²) in [5.41, 5.74) is -1.81. The lowest BCUT2D eigenvalue weighted by molar-refractivity contribution is -0.137. The zero-order valence-electron chi connectivity index (χ0n) is 6.94. The molecule has 0 saturated heterocycles. The van der Waals surface area contributed by atoms with E-state index in [-0.39, 0.29) is 0 Å². The molecule has 1 heterocycles. The third-order valence-electron chi connectivity index (χ3n) is 1.46. The van der Waals surface area contributed by atoms with Gasteiger partial charge in [-0.2, -0.15) is 0 Å². The first kappa shape index (κ1) is 12.3. The van der Waals surface area contributed by atoms with E-state index in [1.807, 2.05) is 0 Å². The van der Waals surface area contributed by atoms with Gasteiger partial charge in [0.1, 0.15) is 10.1 Å². The summed E-state index contributed by atoms with van der Waals surface area (Å²) in [6, 6.07) is 0. The molecule has 6 nitrogen and oxygen atoms in total. The van der Waals surface area contributed by atoms with E-state index in [2.05, 4.69) is 4.74 Å². The van der Waals surface area contributed by atoms with Gasteiger partial charge in [-0.3, -0.25) is 4.79 Å². The lowest BCUT2D eigenvalue weighted by Crippen LogP contribution is -2.28. The quantitative estimate of drug-likeness (QED) is 0.731. The van der Waals surface area contributed by atoms with Crippen molar-refractivity contribution in [2.45, 2.75) is 5.44 Å². The number of carboxylic acid groups (broad SMARTS) is 1. The van der Waals surface area contributed by atoms with Crippen LogP contribution in [0.2, 0.25) is 0 Å². The number of carbonyl (C=O) groups is 2. The molecule has 1 aliphatic heterocycles. The number of carbonyl (C=O) groups excluding carboxylic acids is 1. The lowest BCUT2D eigenvalue weighted by Gasteiger charge is -2.09. The van der Waals surface area contributed by atoms with Crippen LogP contribution < -0.4 is 0 Å². The SMILES string of the molecule is O=C(O)CS(=O)(=O)[C@@H]1OC(=O)C(Cl)=C1Cl. The molecule has 1 aliphatic rings. The molecule has 0 aliphatic carbocycles. The molecule has 1 N–H and O–H groups in total. The second-order valence-electron chi connectivity index (χ2n) is 2.60. The van der Waals surface area contributed by atoms with E-state index in [0.29, 0.717) is 0 Å². The average molecular weight is 275 g/mol. The van der Waals surface area contributed by atoms with E-state index in [1.165, 1.54) is 0 Å². The third-order valence-corrected chi connectivity index (χ3v) is 4.07. The fourth-order valence-corrected chi connectivity index (χ4v) is 2.78. The molecule has 0 amide bonds. The van der Waals surface area contributed by atoms with Crippen LogP contribution in [-0.4, -0.2) is 36.7 Å². The number of esters is 1. The molecule has 0 aromatic heterocycles. The highest BCUT2D eigenvalue weighted by Crippen LogP contribution is 2.31. The fourth-order valence-electron chi connectivity index (χ4n) is 0.880. The van der Waals surface area contributed by atoms with Gasteiger partial charge in [0.05, 0.1) is 0 Å². The number of rotatable bonds is 3. The average Bonchev–Trinajstić information content (AvgIpc) is 2.31. The first-order chi connectivity index (χ1) is 6.75. The van der Waals surface area contributed by atoms with Gasteiger partial charge in [0.25, 0.3) is 0 Å². The molecule has 0 aromatic rings. The van der Waals surface area contributed by atoms with Gasteiger partial charge in [-0.25, -0.2) is 13.2 Å². The minimum absolute atomic E-state index is 0.511. The van der Waals surface area contributed by atoms with Gasteiger partial charge >= 0.3 is 11.9 Å². The van der Waals surface area contributed by atoms with Gasteiger partial charge in [-0.05, 0) is 0 Å². The Bertz CT molecular complexity index is 450. The predicted molar refractivity (Wildman–Crippen MR) is 50.0 cm³/mol. The first-order valence-corrected chi connectivity index (χ1v) is 5.92. The van der Waals surface area contributed by atoms with Crippen LogP contribution in [0.5, 0.6) is 0 Å². The Morgan fingerprint density at radius 2 is 2.00 bits per heavy atom. The van der Waals surface area contributed by atoms with Crippen molar-refractivity contribution in [1.29, 1.82) is 0 Å². The Kier molecular flexibility index (Phi) is 3.27. The zero-order chi connectivity index (χ0) is 11.8. The van der Waals surface area contributed by atoms with Crippen molar-refractivity contribution in [3.8, 4) is 0 Å². The fraction of sp³-hybridized carbons (Fsp3) is 0.333. The van der Waals surface area contributed by atoms with Crippen LogP contribution in [0, 0.1) is 0 Å². The highest BCUT2D eigenvalue weighted by Gasteiger charge is 2.42. The van der Waals surface area contributed by atoms with Crippen LogP contribution in [-0.2, 0) is 24.2 Å². The molecule has 84 valence electrons. The smallest absolute Gasteiger partial charge is 0.352 e. The van der Waals surface area contributed by atoms with E-state index in [4.69, 9.17) is 28.3 Å². The lowest BCUT2D eigenvalue weighted by atomic mass is 10.5. The Labute approximate surface area is 94.3 Å².